The first-order valence-corrected chi connectivity index (χ1v) is 8.48. The average molecular weight is 389 g/mol. The van der Waals surface area contributed by atoms with Crippen LogP contribution >= 0.6 is 11.6 Å². The summed E-state index contributed by atoms with van der Waals surface area (Å²) < 4.78 is 10.5. The number of imide groups is 2. The summed E-state index contributed by atoms with van der Waals surface area (Å²) in [6.07, 6.45) is 0.0616. The van der Waals surface area contributed by atoms with Crippen molar-refractivity contribution < 1.29 is 23.9 Å². The van der Waals surface area contributed by atoms with Crippen molar-refractivity contribution in [2.45, 2.75) is 6.42 Å². The fraction of sp³-hybridized carbons (Fsp3) is 0.211. The van der Waals surface area contributed by atoms with Crippen molar-refractivity contribution in [2.24, 2.45) is 5.92 Å². The van der Waals surface area contributed by atoms with E-state index in [1.165, 1.54) is 14.2 Å². The van der Waals surface area contributed by atoms with Crippen LogP contribution in [0, 0.1) is 5.92 Å². The molecular formula is C19H17ClN2O5. The smallest absolute Gasteiger partial charge is 0.335 e. The summed E-state index contributed by atoms with van der Waals surface area (Å²) in [4.78, 5) is 38.4. The van der Waals surface area contributed by atoms with E-state index in [9.17, 15) is 14.4 Å². The molecule has 0 bridgehead atoms. The molecule has 1 atom stereocenters. The van der Waals surface area contributed by atoms with Crippen LogP contribution < -0.4 is 19.7 Å². The number of carbonyl (C=O) groups excluding carboxylic acids is 3. The number of hydrogen-bond acceptors (Lipinski definition) is 5. The van der Waals surface area contributed by atoms with E-state index in [0.29, 0.717) is 17.1 Å². The third kappa shape index (κ3) is 3.59. The predicted molar refractivity (Wildman–Crippen MR) is 99.2 cm³/mol. The quantitative estimate of drug-likeness (QED) is 0.796. The van der Waals surface area contributed by atoms with Crippen molar-refractivity contribution in [1.82, 2.24) is 5.32 Å². The van der Waals surface area contributed by atoms with Gasteiger partial charge in [-0.1, -0.05) is 29.8 Å². The number of urea groups is 1. The van der Waals surface area contributed by atoms with Gasteiger partial charge in [0.2, 0.25) is 11.8 Å². The van der Waals surface area contributed by atoms with Crippen LogP contribution in [0.25, 0.3) is 0 Å². The molecule has 0 radical (unpaired) electrons. The normalized spacial score (nSPS) is 16.9. The first kappa shape index (κ1) is 18.7. The average Bonchev–Trinajstić information content (AvgIpc) is 2.66. The summed E-state index contributed by atoms with van der Waals surface area (Å²) in [5.74, 6) is -1.33. The maximum atomic E-state index is 12.9. The maximum Gasteiger partial charge on any atom is 0.335 e. The highest BCUT2D eigenvalue weighted by atomic mass is 35.5. The third-order valence-corrected chi connectivity index (χ3v) is 4.60. The number of anilines is 1. The molecule has 2 aromatic carbocycles. The Hall–Kier alpha value is -3.06. The van der Waals surface area contributed by atoms with Crippen molar-refractivity contribution in [3.05, 3.63) is 53.1 Å². The van der Waals surface area contributed by atoms with Crippen LogP contribution in [-0.2, 0) is 16.0 Å². The van der Waals surface area contributed by atoms with Gasteiger partial charge in [0, 0.05) is 6.07 Å². The predicted octanol–water partition coefficient (Wildman–Crippen LogP) is 2.80. The highest BCUT2D eigenvalue weighted by molar-refractivity contribution is 6.36. The number of benzene rings is 2. The van der Waals surface area contributed by atoms with Crippen LogP contribution in [0.3, 0.4) is 0 Å². The zero-order valence-corrected chi connectivity index (χ0v) is 15.4. The Morgan fingerprint density at radius 3 is 2.48 bits per heavy atom. The fourth-order valence-corrected chi connectivity index (χ4v) is 3.12. The van der Waals surface area contributed by atoms with E-state index in [1.807, 2.05) is 0 Å². The molecule has 2 aromatic rings. The molecule has 1 aliphatic rings. The molecule has 1 unspecified atom stereocenters. The van der Waals surface area contributed by atoms with Gasteiger partial charge in [-0.05, 0) is 30.2 Å². The van der Waals surface area contributed by atoms with Gasteiger partial charge in [0.05, 0.1) is 24.9 Å². The number of barbiturate groups is 1. The number of halogens is 1. The minimum atomic E-state index is -1.10. The highest BCUT2D eigenvalue weighted by Crippen LogP contribution is 2.31. The van der Waals surface area contributed by atoms with E-state index in [1.54, 1.807) is 42.5 Å². The SMILES string of the molecule is COc1ccc(CC2C(=O)NC(=O)N(c3ccccc3Cl)C2=O)c(OC)c1. The lowest BCUT2D eigenvalue weighted by atomic mass is 9.94. The largest absolute Gasteiger partial charge is 0.497 e. The third-order valence-electron chi connectivity index (χ3n) is 4.28. The molecule has 0 aliphatic carbocycles. The van der Waals surface area contributed by atoms with E-state index >= 15 is 0 Å². The molecular weight excluding hydrogens is 372 g/mol. The molecule has 1 fully saturated rings. The number of amides is 4. The molecule has 1 N–H and O–H groups in total. The van der Waals surface area contributed by atoms with Gasteiger partial charge in [0.25, 0.3) is 0 Å². The Morgan fingerprint density at radius 2 is 1.81 bits per heavy atom. The lowest BCUT2D eigenvalue weighted by Crippen LogP contribution is -2.58. The molecule has 1 aliphatic heterocycles. The Balaban J connectivity index is 1.94. The van der Waals surface area contributed by atoms with Gasteiger partial charge in [-0.3, -0.25) is 14.9 Å². The van der Waals surface area contributed by atoms with E-state index in [-0.39, 0.29) is 17.1 Å². The van der Waals surface area contributed by atoms with Crippen molar-refractivity contribution in [2.75, 3.05) is 19.1 Å². The zero-order chi connectivity index (χ0) is 19.6. The Labute approximate surface area is 160 Å². The van der Waals surface area contributed by atoms with Crippen molar-refractivity contribution in [3.63, 3.8) is 0 Å². The van der Waals surface area contributed by atoms with Gasteiger partial charge in [0.15, 0.2) is 0 Å². The summed E-state index contributed by atoms with van der Waals surface area (Å²) in [7, 11) is 3.01. The topological polar surface area (TPSA) is 84.9 Å². The highest BCUT2D eigenvalue weighted by Gasteiger charge is 2.42. The number of para-hydroxylation sites is 1. The van der Waals surface area contributed by atoms with Gasteiger partial charge in [-0.25, -0.2) is 9.69 Å². The van der Waals surface area contributed by atoms with E-state index in [4.69, 9.17) is 21.1 Å². The number of nitrogens with zero attached hydrogens (tertiary/aromatic N) is 1. The zero-order valence-electron chi connectivity index (χ0n) is 14.7. The van der Waals surface area contributed by atoms with Crippen LogP contribution in [0.4, 0.5) is 10.5 Å². The second kappa shape index (κ2) is 7.67. The molecule has 0 spiro atoms. The van der Waals surface area contributed by atoms with Gasteiger partial charge in [0.1, 0.15) is 17.4 Å². The Morgan fingerprint density at radius 1 is 1.07 bits per heavy atom. The number of nitrogens with one attached hydrogen (secondary N) is 1. The molecule has 27 heavy (non-hydrogen) atoms. The lowest BCUT2D eigenvalue weighted by Gasteiger charge is -2.30. The maximum absolute atomic E-state index is 12.9. The molecule has 1 saturated heterocycles. The minimum absolute atomic E-state index is 0.0616. The molecule has 1 heterocycles. The molecule has 4 amide bonds. The van der Waals surface area contributed by atoms with E-state index in [2.05, 4.69) is 5.32 Å². The molecule has 8 heteroatoms. The number of rotatable bonds is 5. The Kier molecular flexibility index (Phi) is 5.32. The number of hydrogen-bond donors (Lipinski definition) is 1. The van der Waals surface area contributed by atoms with Gasteiger partial charge < -0.3 is 9.47 Å². The molecule has 140 valence electrons. The van der Waals surface area contributed by atoms with Crippen LogP contribution in [0.5, 0.6) is 11.5 Å². The summed E-state index contributed by atoms with van der Waals surface area (Å²) in [6.45, 7) is 0. The van der Waals surface area contributed by atoms with Crippen LogP contribution in [0.2, 0.25) is 5.02 Å². The molecule has 0 aromatic heterocycles. The second-order valence-corrected chi connectivity index (χ2v) is 6.26. The monoisotopic (exact) mass is 388 g/mol. The Bertz CT molecular complexity index is 915. The van der Waals surface area contributed by atoms with Crippen LogP contribution in [-0.4, -0.2) is 32.1 Å². The van der Waals surface area contributed by atoms with Crippen LogP contribution in [0.15, 0.2) is 42.5 Å². The fourth-order valence-electron chi connectivity index (χ4n) is 2.90. The first-order valence-electron chi connectivity index (χ1n) is 8.10. The molecule has 3 rings (SSSR count). The molecule has 0 saturated carbocycles. The first-order chi connectivity index (χ1) is 13.0. The number of ether oxygens (including phenoxy) is 2. The summed E-state index contributed by atoms with van der Waals surface area (Å²) in [5, 5.41) is 2.45. The number of methoxy groups -OCH3 is 2. The van der Waals surface area contributed by atoms with Crippen molar-refractivity contribution in [1.29, 1.82) is 0 Å². The van der Waals surface area contributed by atoms with E-state index in [0.717, 1.165) is 4.90 Å². The minimum Gasteiger partial charge on any atom is -0.497 e. The second-order valence-electron chi connectivity index (χ2n) is 5.85. The summed E-state index contributed by atoms with van der Waals surface area (Å²) in [5.41, 5.74) is 0.862. The lowest BCUT2D eigenvalue weighted by molar-refractivity contribution is -0.134. The summed E-state index contributed by atoms with van der Waals surface area (Å²) >= 11 is 6.12. The number of carbonyl (C=O) groups is 3. The van der Waals surface area contributed by atoms with Crippen molar-refractivity contribution >= 4 is 35.1 Å². The van der Waals surface area contributed by atoms with E-state index < -0.39 is 23.8 Å². The summed E-state index contributed by atoms with van der Waals surface area (Å²) in [6, 6.07) is 10.7. The standard InChI is InChI=1S/C19H17ClN2O5/c1-26-12-8-7-11(16(10-12)27-2)9-13-17(23)21-19(25)22(18(13)24)15-6-4-3-5-14(15)20/h3-8,10,13H,9H2,1-2H3,(H,21,23,25). The van der Waals surface area contributed by atoms with Gasteiger partial charge >= 0.3 is 6.03 Å². The van der Waals surface area contributed by atoms with Gasteiger partial charge in [-0.2, -0.15) is 0 Å². The van der Waals surface area contributed by atoms with Gasteiger partial charge in [-0.15, -0.1) is 0 Å². The molecule has 7 nitrogen and oxygen atoms in total. The van der Waals surface area contributed by atoms with Crippen LogP contribution in [0.1, 0.15) is 5.56 Å². The van der Waals surface area contributed by atoms with Crippen molar-refractivity contribution in [3.8, 4) is 11.5 Å².